The molecule has 0 saturated carbocycles. The Bertz CT molecular complexity index is 1450. The van der Waals surface area contributed by atoms with Gasteiger partial charge >= 0.3 is 7.60 Å². The van der Waals surface area contributed by atoms with E-state index in [0.29, 0.717) is 0 Å². The first-order valence-corrected chi connectivity index (χ1v) is 12.1. The molecule has 0 amide bonds. The zero-order chi connectivity index (χ0) is 20.9. The Hall–Kier alpha value is -2.44. The van der Waals surface area contributed by atoms with Crippen molar-refractivity contribution in [2.24, 2.45) is 0 Å². The fraction of sp³-hybridized carbons (Fsp3) is 0. The van der Waals surface area contributed by atoms with Crippen molar-refractivity contribution in [2.75, 3.05) is 0 Å². The quantitative estimate of drug-likeness (QED) is 0.229. The second-order valence-electron chi connectivity index (χ2n) is 7.16. The summed E-state index contributed by atoms with van der Waals surface area (Å²) in [5.74, 6) is 0. The first-order chi connectivity index (χ1) is 14.4. The lowest BCUT2D eigenvalue weighted by Crippen LogP contribution is -2.02. The molecule has 2 N–H and O–H groups in total. The van der Waals surface area contributed by atoms with Crippen molar-refractivity contribution in [2.45, 2.75) is 0 Å². The molecule has 0 saturated heterocycles. The van der Waals surface area contributed by atoms with E-state index in [-0.39, 0.29) is 5.30 Å². The fourth-order valence-corrected chi connectivity index (χ4v) is 4.91. The standard InChI is InChI=1S/C24H17INO3P/c25-18-10-13-22-21-6-1-2-7-23(21)26(24(22)15-18)19-5-3-4-17(14-19)16-8-11-20(12-9-16)30(27,28)29/h1-15H,(H2,27,28,29). The summed E-state index contributed by atoms with van der Waals surface area (Å²) in [5, 5.41) is 2.45. The van der Waals surface area contributed by atoms with Crippen molar-refractivity contribution in [3.63, 3.8) is 0 Å². The van der Waals surface area contributed by atoms with E-state index in [9.17, 15) is 14.4 Å². The molecule has 0 atom stereocenters. The summed E-state index contributed by atoms with van der Waals surface area (Å²) >= 11 is 2.34. The highest BCUT2D eigenvalue weighted by molar-refractivity contribution is 14.1. The number of nitrogens with zero attached hydrogens (tertiary/aromatic N) is 1. The lowest BCUT2D eigenvalue weighted by atomic mass is 10.1. The van der Waals surface area contributed by atoms with Crippen LogP contribution in [0.2, 0.25) is 0 Å². The second-order valence-corrected chi connectivity index (χ2v) is 10.0. The lowest BCUT2D eigenvalue weighted by molar-refractivity contribution is 0.387. The van der Waals surface area contributed by atoms with Gasteiger partial charge < -0.3 is 14.4 Å². The smallest absolute Gasteiger partial charge is 0.321 e. The maximum atomic E-state index is 11.5. The van der Waals surface area contributed by atoms with Crippen LogP contribution in [-0.2, 0) is 4.57 Å². The number of fused-ring (bicyclic) bond motifs is 3. The van der Waals surface area contributed by atoms with Gasteiger partial charge in [0, 0.05) is 20.0 Å². The van der Waals surface area contributed by atoms with Crippen molar-refractivity contribution in [1.82, 2.24) is 4.57 Å². The van der Waals surface area contributed by atoms with E-state index in [2.05, 4.69) is 75.7 Å². The first kappa shape index (κ1) is 19.5. The van der Waals surface area contributed by atoms with E-state index in [4.69, 9.17) is 0 Å². The van der Waals surface area contributed by atoms with E-state index in [1.165, 1.54) is 26.5 Å². The van der Waals surface area contributed by atoms with Gasteiger partial charge in [0.25, 0.3) is 0 Å². The van der Waals surface area contributed by atoms with Crippen LogP contribution in [-0.4, -0.2) is 14.4 Å². The summed E-state index contributed by atoms with van der Waals surface area (Å²) in [4.78, 5) is 18.7. The molecule has 0 unspecified atom stereocenters. The molecule has 1 aromatic heterocycles. The van der Waals surface area contributed by atoms with Gasteiger partial charge in [-0.3, -0.25) is 4.57 Å². The van der Waals surface area contributed by atoms with Gasteiger partial charge in [0.05, 0.1) is 16.3 Å². The molecule has 5 aromatic rings. The van der Waals surface area contributed by atoms with E-state index >= 15 is 0 Å². The summed E-state index contributed by atoms with van der Waals surface area (Å²) in [7, 11) is -4.24. The third-order valence-corrected chi connectivity index (χ3v) is 6.92. The van der Waals surface area contributed by atoms with Crippen LogP contribution in [0.3, 0.4) is 0 Å². The number of rotatable bonds is 3. The topological polar surface area (TPSA) is 62.5 Å². The highest BCUT2D eigenvalue weighted by atomic mass is 127. The molecule has 0 spiro atoms. The van der Waals surface area contributed by atoms with E-state index in [1.807, 2.05) is 18.2 Å². The second kappa shape index (κ2) is 7.36. The zero-order valence-corrected chi connectivity index (χ0v) is 18.8. The maximum Gasteiger partial charge on any atom is 0.356 e. The summed E-state index contributed by atoms with van der Waals surface area (Å²) in [5.41, 5.74) is 5.23. The van der Waals surface area contributed by atoms with Gasteiger partial charge in [-0.05, 0) is 76.2 Å². The Labute approximate surface area is 187 Å². The van der Waals surface area contributed by atoms with Gasteiger partial charge in [0.2, 0.25) is 0 Å². The predicted molar refractivity (Wildman–Crippen MR) is 131 cm³/mol. The van der Waals surface area contributed by atoms with Crippen molar-refractivity contribution in [3.05, 3.63) is 94.6 Å². The van der Waals surface area contributed by atoms with Crippen LogP contribution in [0.25, 0.3) is 38.6 Å². The first-order valence-electron chi connectivity index (χ1n) is 9.37. The van der Waals surface area contributed by atoms with Crippen molar-refractivity contribution >= 4 is 57.3 Å². The molecule has 0 aliphatic rings. The van der Waals surface area contributed by atoms with Gasteiger partial charge in [-0.2, -0.15) is 0 Å². The number of halogens is 1. The SMILES string of the molecule is O=P(O)(O)c1ccc(-c2cccc(-n3c4ccccc4c4ccc(I)cc43)c2)cc1. The average Bonchev–Trinajstić information content (AvgIpc) is 3.06. The van der Waals surface area contributed by atoms with Gasteiger partial charge in [0.1, 0.15) is 0 Å². The predicted octanol–water partition coefficient (Wildman–Crippen LogP) is 5.86. The Morgan fingerprint density at radius 1 is 0.700 bits per heavy atom. The normalized spacial score (nSPS) is 12.0. The summed E-state index contributed by atoms with van der Waals surface area (Å²) in [6.07, 6.45) is 0. The van der Waals surface area contributed by atoms with Crippen LogP contribution in [0, 0.1) is 3.57 Å². The Balaban J connectivity index is 1.70. The highest BCUT2D eigenvalue weighted by Crippen LogP contribution is 2.35. The van der Waals surface area contributed by atoms with E-state index in [1.54, 1.807) is 12.1 Å². The van der Waals surface area contributed by atoms with Gasteiger partial charge in [-0.25, -0.2) is 0 Å². The Morgan fingerprint density at radius 3 is 2.20 bits per heavy atom. The van der Waals surface area contributed by atoms with Crippen LogP contribution in [0.15, 0.2) is 91.0 Å². The average molecular weight is 525 g/mol. The minimum Gasteiger partial charge on any atom is -0.321 e. The van der Waals surface area contributed by atoms with E-state index in [0.717, 1.165) is 27.8 Å². The lowest BCUT2D eigenvalue weighted by Gasteiger charge is -2.11. The molecule has 0 radical (unpaired) electrons. The van der Waals surface area contributed by atoms with Crippen molar-refractivity contribution in [3.8, 4) is 16.8 Å². The number of hydrogen-bond acceptors (Lipinski definition) is 1. The summed E-state index contributed by atoms with van der Waals surface area (Å²) < 4.78 is 14.9. The molecule has 1 heterocycles. The molecule has 0 fully saturated rings. The van der Waals surface area contributed by atoms with Crippen molar-refractivity contribution in [1.29, 1.82) is 0 Å². The van der Waals surface area contributed by atoms with Crippen LogP contribution >= 0.6 is 30.2 Å². The van der Waals surface area contributed by atoms with Crippen LogP contribution < -0.4 is 5.30 Å². The van der Waals surface area contributed by atoms with Crippen molar-refractivity contribution < 1.29 is 14.4 Å². The molecule has 0 aliphatic carbocycles. The molecule has 4 aromatic carbocycles. The number of benzene rings is 4. The maximum absolute atomic E-state index is 11.5. The highest BCUT2D eigenvalue weighted by Gasteiger charge is 2.17. The molecular weight excluding hydrogens is 508 g/mol. The molecule has 0 bridgehead atoms. The fourth-order valence-electron chi connectivity index (χ4n) is 3.89. The third-order valence-electron chi connectivity index (χ3n) is 5.28. The zero-order valence-electron chi connectivity index (χ0n) is 15.7. The van der Waals surface area contributed by atoms with Crippen LogP contribution in [0.5, 0.6) is 0 Å². The molecule has 6 heteroatoms. The largest absolute Gasteiger partial charge is 0.356 e. The minimum atomic E-state index is -4.24. The van der Waals surface area contributed by atoms with E-state index < -0.39 is 7.60 Å². The van der Waals surface area contributed by atoms with Gasteiger partial charge in [-0.15, -0.1) is 0 Å². The molecule has 0 aliphatic heterocycles. The Morgan fingerprint density at radius 2 is 1.43 bits per heavy atom. The molecule has 5 rings (SSSR count). The monoisotopic (exact) mass is 525 g/mol. The number of aromatic nitrogens is 1. The summed E-state index contributed by atoms with van der Waals surface area (Å²) in [6, 6.07) is 29.6. The minimum absolute atomic E-state index is 0.0272. The third kappa shape index (κ3) is 3.38. The molecule has 148 valence electrons. The Kier molecular flexibility index (Phi) is 4.79. The summed E-state index contributed by atoms with van der Waals surface area (Å²) in [6.45, 7) is 0. The van der Waals surface area contributed by atoms with Crippen LogP contribution in [0.4, 0.5) is 0 Å². The number of para-hydroxylation sites is 1. The molecule has 30 heavy (non-hydrogen) atoms. The molecular formula is C24H17INO3P. The van der Waals surface area contributed by atoms with Gasteiger partial charge in [0.15, 0.2) is 0 Å². The van der Waals surface area contributed by atoms with Gasteiger partial charge in [-0.1, -0.05) is 48.5 Å². The van der Waals surface area contributed by atoms with Crippen LogP contribution in [0.1, 0.15) is 0 Å². The number of hydrogen-bond donors (Lipinski definition) is 2. The molecule has 4 nitrogen and oxygen atoms in total.